The predicted molar refractivity (Wildman–Crippen MR) is 127 cm³/mol. The molecule has 5 rings (SSSR count). The topological polar surface area (TPSA) is 63.4 Å². The van der Waals surface area contributed by atoms with Gasteiger partial charge in [0, 0.05) is 56.2 Å². The number of anilines is 1. The summed E-state index contributed by atoms with van der Waals surface area (Å²) in [6.07, 6.45) is -1.29. The van der Waals surface area contributed by atoms with Crippen LogP contribution in [-0.4, -0.2) is 52.7 Å². The van der Waals surface area contributed by atoms with Crippen molar-refractivity contribution in [2.45, 2.75) is 24.0 Å². The van der Waals surface area contributed by atoms with Crippen LogP contribution >= 0.6 is 0 Å². The summed E-state index contributed by atoms with van der Waals surface area (Å²) >= 11 is 0. The molecule has 36 heavy (non-hydrogen) atoms. The number of halogens is 4. The average Bonchev–Trinajstić information content (AvgIpc) is 3.43. The van der Waals surface area contributed by atoms with Gasteiger partial charge < -0.3 is 9.47 Å². The van der Waals surface area contributed by atoms with E-state index < -0.39 is 32.7 Å². The third-order valence-electron chi connectivity index (χ3n) is 6.37. The Kier molecular flexibility index (Phi) is 5.83. The highest BCUT2D eigenvalue weighted by molar-refractivity contribution is 7.89. The van der Waals surface area contributed by atoms with Gasteiger partial charge in [-0.05, 0) is 49.4 Å². The van der Waals surface area contributed by atoms with Gasteiger partial charge >= 0.3 is 6.18 Å². The molecule has 0 radical (unpaired) electrons. The number of rotatable bonds is 4. The van der Waals surface area contributed by atoms with Crippen LogP contribution in [0.5, 0.6) is 0 Å². The van der Waals surface area contributed by atoms with E-state index in [4.69, 9.17) is 0 Å². The quantitative estimate of drug-likeness (QED) is 0.373. The summed E-state index contributed by atoms with van der Waals surface area (Å²) in [5.41, 5.74) is 1.22. The number of piperazine rings is 1. The van der Waals surface area contributed by atoms with E-state index in [1.54, 1.807) is 29.9 Å². The molecule has 7 nitrogen and oxygen atoms in total. The molecule has 1 aliphatic heterocycles. The second kappa shape index (κ2) is 8.63. The van der Waals surface area contributed by atoms with Crippen molar-refractivity contribution in [2.24, 2.45) is 7.05 Å². The standard InChI is InChI=1S/C24H23F4N5O2S/c1-16-13-31(9-10-32(16)36(34,35)23-15-30(2)14-21(23)24(26,27)28)20-7-8-22-17(11-20)12-29-33(22)19-5-3-18(25)4-6-19/h3-8,11-12,14-16H,9-10,13H2,1-2H3/t16-/m1/s1. The molecular formula is C24H23F4N5O2S. The van der Waals surface area contributed by atoms with E-state index in [9.17, 15) is 26.0 Å². The number of fused-ring (bicyclic) bond motifs is 1. The number of aromatic nitrogens is 3. The molecule has 0 N–H and O–H groups in total. The maximum absolute atomic E-state index is 13.5. The van der Waals surface area contributed by atoms with Crippen LogP contribution in [0.25, 0.3) is 16.6 Å². The number of hydrogen-bond acceptors (Lipinski definition) is 4. The Balaban J connectivity index is 1.38. The second-order valence-corrected chi connectivity index (χ2v) is 10.7. The van der Waals surface area contributed by atoms with Crippen LogP contribution in [0.3, 0.4) is 0 Å². The normalized spacial score (nSPS) is 17.7. The van der Waals surface area contributed by atoms with Crippen LogP contribution in [0.2, 0.25) is 0 Å². The Bertz CT molecular complexity index is 1530. The lowest BCUT2D eigenvalue weighted by molar-refractivity contribution is -0.139. The SMILES string of the molecule is C[C@@H]1CN(c2ccc3c(cnn3-c3ccc(F)cc3)c2)CCN1S(=O)(=O)c1cn(C)cc1C(F)(F)F. The number of benzene rings is 2. The fourth-order valence-corrected chi connectivity index (χ4v) is 6.50. The minimum absolute atomic E-state index is 0.0442. The number of hydrogen-bond donors (Lipinski definition) is 0. The van der Waals surface area contributed by atoms with Gasteiger partial charge in [-0.1, -0.05) is 0 Å². The molecule has 0 spiro atoms. The van der Waals surface area contributed by atoms with Crippen LogP contribution in [0.4, 0.5) is 23.2 Å². The van der Waals surface area contributed by atoms with Crippen molar-refractivity contribution >= 4 is 26.6 Å². The maximum atomic E-state index is 13.5. The van der Waals surface area contributed by atoms with Gasteiger partial charge in [-0.2, -0.15) is 22.6 Å². The van der Waals surface area contributed by atoms with E-state index in [2.05, 4.69) is 5.10 Å². The molecule has 3 heterocycles. The van der Waals surface area contributed by atoms with Crippen LogP contribution in [0, 0.1) is 5.82 Å². The molecular weight excluding hydrogens is 498 g/mol. The highest BCUT2D eigenvalue weighted by atomic mass is 32.2. The fraction of sp³-hybridized carbons (Fsp3) is 0.292. The number of nitrogens with zero attached hydrogens (tertiary/aromatic N) is 5. The Morgan fingerprint density at radius 1 is 1.00 bits per heavy atom. The van der Waals surface area contributed by atoms with Crippen molar-refractivity contribution in [1.29, 1.82) is 0 Å². The smallest absolute Gasteiger partial charge is 0.369 e. The van der Waals surface area contributed by atoms with Gasteiger partial charge in [0.15, 0.2) is 0 Å². The molecule has 1 fully saturated rings. The molecule has 0 amide bonds. The minimum atomic E-state index is -4.78. The Morgan fingerprint density at radius 2 is 1.69 bits per heavy atom. The molecule has 4 aromatic rings. The summed E-state index contributed by atoms with van der Waals surface area (Å²) in [5.74, 6) is -0.338. The third-order valence-corrected chi connectivity index (χ3v) is 8.41. The molecule has 1 atom stereocenters. The second-order valence-electron chi connectivity index (χ2n) is 8.89. The molecule has 0 saturated carbocycles. The zero-order valence-corrected chi connectivity index (χ0v) is 20.3. The lowest BCUT2D eigenvalue weighted by Crippen LogP contribution is -2.54. The Labute approximate surface area is 205 Å². The highest BCUT2D eigenvalue weighted by Gasteiger charge is 2.42. The van der Waals surface area contributed by atoms with Crippen LogP contribution < -0.4 is 4.90 Å². The molecule has 190 valence electrons. The van der Waals surface area contributed by atoms with Gasteiger partial charge in [-0.15, -0.1) is 0 Å². The van der Waals surface area contributed by atoms with E-state index in [0.717, 1.165) is 37.9 Å². The first-order valence-electron chi connectivity index (χ1n) is 11.2. The molecule has 1 saturated heterocycles. The van der Waals surface area contributed by atoms with Gasteiger partial charge in [-0.3, -0.25) is 0 Å². The summed E-state index contributed by atoms with van der Waals surface area (Å²) in [4.78, 5) is 1.27. The summed E-state index contributed by atoms with van der Waals surface area (Å²) in [6.45, 7) is 2.36. The molecule has 0 bridgehead atoms. The lowest BCUT2D eigenvalue weighted by Gasteiger charge is -2.40. The number of aryl methyl sites for hydroxylation is 1. The van der Waals surface area contributed by atoms with E-state index in [0.29, 0.717) is 18.8 Å². The molecule has 2 aromatic carbocycles. The monoisotopic (exact) mass is 521 g/mol. The van der Waals surface area contributed by atoms with E-state index in [1.165, 1.54) is 19.2 Å². The average molecular weight is 522 g/mol. The molecule has 0 unspecified atom stereocenters. The molecule has 12 heteroatoms. The van der Waals surface area contributed by atoms with Crippen molar-refractivity contribution in [2.75, 3.05) is 24.5 Å². The lowest BCUT2D eigenvalue weighted by atomic mass is 10.1. The largest absolute Gasteiger partial charge is 0.419 e. The van der Waals surface area contributed by atoms with Crippen molar-refractivity contribution in [3.05, 3.63) is 72.4 Å². The third kappa shape index (κ3) is 4.24. The van der Waals surface area contributed by atoms with Gasteiger partial charge in [-0.25, -0.2) is 17.5 Å². The van der Waals surface area contributed by atoms with Crippen LogP contribution in [0.15, 0.2) is 66.0 Å². The number of alkyl halides is 3. The zero-order valence-electron chi connectivity index (χ0n) is 19.4. The van der Waals surface area contributed by atoms with Gasteiger partial charge in [0.05, 0.1) is 23.0 Å². The maximum Gasteiger partial charge on any atom is 0.419 e. The van der Waals surface area contributed by atoms with E-state index in [-0.39, 0.29) is 12.4 Å². The molecule has 2 aromatic heterocycles. The van der Waals surface area contributed by atoms with Crippen molar-refractivity contribution < 1.29 is 26.0 Å². The van der Waals surface area contributed by atoms with Crippen molar-refractivity contribution in [3.63, 3.8) is 0 Å². The summed E-state index contributed by atoms with van der Waals surface area (Å²) in [6, 6.07) is 11.1. The van der Waals surface area contributed by atoms with Crippen molar-refractivity contribution in [1.82, 2.24) is 18.7 Å². The minimum Gasteiger partial charge on any atom is -0.369 e. The van der Waals surface area contributed by atoms with E-state index in [1.807, 2.05) is 23.1 Å². The fourth-order valence-electron chi connectivity index (χ4n) is 4.64. The van der Waals surface area contributed by atoms with Gasteiger partial charge in [0.25, 0.3) is 0 Å². The summed E-state index contributed by atoms with van der Waals surface area (Å²) in [5, 5.41) is 5.24. The Morgan fingerprint density at radius 3 is 2.36 bits per heavy atom. The van der Waals surface area contributed by atoms with Gasteiger partial charge in [0.1, 0.15) is 10.7 Å². The first-order chi connectivity index (χ1) is 16.9. The van der Waals surface area contributed by atoms with Crippen molar-refractivity contribution in [3.8, 4) is 5.69 Å². The predicted octanol–water partition coefficient (Wildman–Crippen LogP) is 4.42. The zero-order chi connectivity index (χ0) is 25.8. The first-order valence-corrected chi connectivity index (χ1v) is 12.6. The molecule has 0 aliphatic carbocycles. The van der Waals surface area contributed by atoms with Crippen LogP contribution in [0.1, 0.15) is 12.5 Å². The molecule has 1 aliphatic rings. The Hall–Kier alpha value is -3.38. The summed E-state index contributed by atoms with van der Waals surface area (Å²) in [7, 11) is -2.98. The summed E-state index contributed by atoms with van der Waals surface area (Å²) < 4.78 is 84.1. The van der Waals surface area contributed by atoms with Gasteiger partial charge in [0.2, 0.25) is 10.0 Å². The van der Waals surface area contributed by atoms with E-state index >= 15 is 0 Å². The number of sulfonamides is 1. The highest BCUT2D eigenvalue weighted by Crippen LogP contribution is 2.37. The van der Waals surface area contributed by atoms with Crippen LogP contribution in [-0.2, 0) is 23.2 Å². The first kappa shape index (κ1) is 24.3.